The summed E-state index contributed by atoms with van der Waals surface area (Å²) in [7, 11) is 0. The van der Waals surface area contributed by atoms with E-state index in [4.69, 9.17) is 4.74 Å². The molecular weight excluding hydrogens is 383 g/mol. The van der Waals surface area contributed by atoms with Crippen molar-refractivity contribution in [3.8, 4) is 5.88 Å². The van der Waals surface area contributed by atoms with Gasteiger partial charge in [0, 0.05) is 0 Å². The van der Waals surface area contributed by atoms with Crippen LogP contribution in [-0.4, -0.2) is 50.3 Å². The molecule has 0 spiro atoms. The van der Waals surface area contributed by atoms with Crippen LogP contribution >= 0.6 is 11.3 Å². The molecule has 0 amide bonds. The summed E-state index contributed by atoms with van der Waals surface area (Å²) in [4.78, 5) is 19.6. The molecule has 1 saturated heterocycles. The molecule has 9 heteroatoms. The van der Waals surface area contributed by atoms with Crippen molar-refractivity contribution in [2.24, 2.45) is 5.92 Å². The van der Waals surface area contributed by atoms with Crippen molar-refractivity contribution in [1.29, 1.82) is 0 Å². The molecule has 0 bridgehead atoms. The Morgan fingerprint density at radius 3 is 2.89 bits per heavy atom. The van der Waals surface area contributed by atoms with Gasteiger partial charge >= 0.3 is 5.97 Å². The number of carbonyl (C=O) groups excluding carboxylic acids is 1. The van der Waals surface area contributed by atoms with Crippen LogP contribution in [0.25, 0.3) is 4.96 Å². The molecule has 1 aromatic carbocycles. The summed E-state index contributed by atoms with van der Waals surface area (Å²) < 4.78 is 20.5. The van der Waals surface area contributed by atoms with Crippen molar-refractivity contribution in [3.05, 3.63) is 46.9 Å². The lowest BCUT2D eigenvalue weighted by Gasteiger charge is -2.36. The van der Waals surface area contributed by atoms with Crippen LogP contribution in [0, 0.1) is 11.7 Å². The number of likely N-dealkylation sites (tertiary alicyclic amines) is 1. The average Bonchev–Trinajstić information content (AvgIpc) is 3.27. The Kier molecular flexibility index (Phi) is 5.27. The maximum Gasteiger partial charge on any atom is 0.309 e. The number of hydrogen-bond acceptors (Lipinski definition) is 7. The van der Waals surface area contributed by atoms with Crippen molar-refractivity contribution in [2.75, 3.05) is 19.7 Å². The van der Waals surface area contributed by atoms with E-state index in [1.807, 2.05) is 6.07 Å². The van der Waals surface area contributed by atoms with Crippen molar-refractivity contribution < 1.29 is 19.0 Å². The molecule has 28 heavy (non-hydrogen) atoms. The second kappa shape index (κ2) is 7.84. The number of hydrogen-bond donors (Lipinski definition) is 1. The zero-order valence-corrected chi connectivity index (χ0v) is 16.2. The number of esters is 1. The van der Waals surface area contributed by atoms with Gasteiger partial charge in [-0.2, -0.15) is 9.61 Å². The fourth-order valence-corrected chi connectivity index (χ4v) is 4.82. The molecule has 1 N–H and O–H groups in total. The fourth-order valence-electron chi connectivity index (χ4n) is 3.73. The van der Waals surface area contributed by atoms with Gasteiger partial charge in [-0.3, -0.25) is 9.69 Å². The number of benzene rings is 1. The predicted molar refractivity (Wildman–Crippen MR) is 102 cm³/mol. The van der Waals surface area contributed by atoms with E-state index in [9.17, 15) is 14.3 Å². The molecule has 4 rings (SSSR count). The lowest BCUT2D eigenvalue weighted by molar-refractivity contribution is -0.149. The molecule has 1 fully saturated rings. The summed E-state index contributed by atoms with van der Waals surface area (Å²) in [5.74, 6) is -0.603. The quantitative estimate of drug-likeness (QED) is 0.659. The minimum absolute atomic E-state index is 0.0132. The first kappa shape index (κ1) is 18.8. The first-order chi connectivity index (χ1) is 13.6. The van der Waals surface area contributed by atoms with Crippen LogP contribution in [0.4, 0.5) is 4.39 Å². The highest BCUT2D eigenvalue weighted by Gasteiger charge is 2.34. The number of rotatable bonds is 5. The summed E-state index contributed by atoms with van der Waals surface area (Å²) in [6.45, 7) is 3.45. The van der Waals surface area contributed by atoms with Gasteiger partial charge < -0.3 is 9.84 Å². The van der Waals surface area contributed by atoms with Gasteiger partial charge in [-0.05, 0) is 50.6 Å². The number of halogens is 1. The number of piperidine rings is 1. The number of ether oxygens (including phenoxy) is 1. The molecule has 0 saturated carbocycles. The summed E-state index contributed by atoms with van der Waals surface area (Å²) in [6, 6.07) is 6.05. The summed E-state index contributed by atoms with van der Waals surface area (Å²) in [5.41, 5.74) is 0.745. The lowest BCUT2D eigenvalue weighted by Crippen LogP contribution is -2.39. The normalized spacial score (nSPS) is 17.1. The van der Waals surface area contributed by atoms with Crippen molar-refractivity contribution in [3.63, 3.8) is 0 Å². The Bertz CT molecular complexity index is 981. The highest BCUT2D eigenvalue weighted by atomic mass is 32.1. The third kappa shape index (κ3) is 3.47. The molecule has 1 aliphatic heterocycles. The molecule has 0 radical (unpaired) electrons. The van der Waals surface area contributed by atoms with Crippen molar-refractivity contribution >= 4 is 22.3 Å². The zero-order valence-electron chi connectivity index (χ0n) is 15.4. The first-order valence-corrected chi connectivity index (χ1v) is 10.1. The van der Waals surface area contributed by atoms with Crippen molar-refractivity contribution in [2.45, 2.75) is 25.8 Å². The molecular formula is C19H21FN4O3S. The minimum Gasteiger partial charge on any atom is -0.492 e. The zero-order chi connectivity index (χ0) is 19.7. The van der Waals surface area contributed by atoms with Gasteiger partial charge in [-0.15, -0.1) is 0 Å². The summed E-state index contributed by atoms with van der Waals surface area (Å²) >= 11 is 1.33. The van der Waals surface area contributed by atoms with Gasteiger partial charge in [0.2, 0.25) is 10.8 Å². The van der Waals surface area contributed by atoms with E-state index in [0.717, 1.165) is 5.56 Å². The molecule has 0 aliphatic carbocycles. The highest BCUT2D eigenvalue weighted by molar-refractivity contribution is 7.17. The van der Waals surface area contributed by atoms with Gasteiger partial charge in [0.1, 0.15) is 12.1 Å². The SMILES string of the molecule is CCOC(=O)C1CCN(C(c2cccc(F)c2)c2sc3ncnn3c2O)CC1. The molecule has 1 unspecified atom stereocenters. The van der Waals surface area contributed by atoms with E-state index in [-0.39, 0.29) is 29.6 Å². The Morgan fingerprint density at radius 2 is 2.21 bits per heavy atom. The maximum absolute atomic E-state index is 13.9. The average molecular weight is 404 g/mol. The third-order valence-corrected chi connectivity index (χ3v) is 6.15. The topological polar surface area (TPSA) is 80.0 Å². The van der Waals surface area contributed by atoms with Crippen LogP contribution < -0.4 is 0 Å². The number of thiazole rings is 1. The molecule has 1 aliphatic rings. The third-order valence-electron chi connectivity index (χ3n) is 5.07. The predicted octanol–water partition coefficient (Wildman–Crippen LogP) is 3.00. The standard InChI is InChI=1S/C19H21FN4O3S/c1-2-27-18(26)12-6-8-23(9-7-12)15(13-4-3-5-14(20)10-13)16-17(25)24-19(28-16)21-11-22-24/h3-5,10-12,15,25H,2,6-9H2,1H3. The molecule has 3 heterocycles. The molecule has 1 atom stereocenters. The highest BCUT2D eigenvalue weighted by Crippen LogP contribution is 2.41. The summed E-state index contributed by atoms with van der Waals surface area (Å²) in [5, 5.41) is 14.7. The first-order valence-electron chi connectivity index (χ1n) is 9.26. The monoisotopic (exact) mass is 404 g/mol. The van der Waals surface area contributed by atoms with Crippen molar-refractivity contribution in [1.82, 2.24) is 19.5 Å². The molecule has 7 nitrogen and oxygen atoms in total. The number of nitrogens with zero attached hydrogens (tertiary/aromatic N) is 4. The van der Waals surface area contributed by atoms with Gasteiger partial charge in [-0.25, -0.2) is 9.37 Å². The number of fused-ring (bicyclic) bond motifs is 1. The number of aromatic nitrogens is 3. The van der Waals surface area contributed by atoms with E-state index in [1.54, 1.807) is 13.0 Å². The van der Waals surface area contributed by atoms with E-state index in [0.29, 0.717) is 42.4 Å². The Hall–Kier alpha value is -2.52. The maximum atomic E-state index is 13.9. The van der Waals surface area contributed by atoms with Gasteiger partial charge in [-0.1, -0.05) is 23.5 Å². The smallest absolute Gasteiger partial charge is 0.309 e. The van der Waals surface area contributed by atoms with Crippen LogP contribution in [-0.2, 0) is 9.53 Å². The van der Waals surface area contributed by atoms with Crippen LogP contribution in [0.2, 0.25) is 0 Å². The van der Waals surface area contributed by atoms with E-state index < -0.39 is 0 Å². The molecule has 3 aromatic rings. The Balaban J connectivity index is 1.66. The summed E-state index contributed by atoms with van der Waals surface area (Å²) in [6.07, 6.45) is 2.70. The van der Waals surface area contributed by atoms with Gasteiger partial charge in [0.05, 0.1) is 23.4 Å². The second-order valence-electron chi connectivity index (χ2n) is 6.76. The van der Waals surface area contributed by atoms with E-state index in [2.05, 4.69) is 15.0 Å². The Morgan fingerprint density at radius 1 is 1.43 bits per heavy atom. The molecule has 2 aromatic heterocycles. The van der Waals surface area contributed by atoms with Crippen LogP contribution in [0.1, 0.15) is 36.2 Å². The fraction of sp³-hybridized carbons (Fsp3) is 0.421. The second-order valence-corrected chi connectivity index (χ2v) is 7.77. The largest absolute Gasteiger partial charge is 0.492 e. The molecule has 148 valence electrons. The van der Waals surface area contributed by atoms with Crippen LogP contribution in [0.5, 0.6) is 5.88 Å². The van der Waals surface area contributed by atoms with Crippen LogP contribution in [0.15, 0.2) is 30.6 Å². The van der Waals surface area contributed by atoms with E-state index >= 15 is 0 Å². The van der Waals surface area contributed by atoms with Gasteiger partial charge in [0.25, 0.3) is 0 Å². The number of aromatic hydroxyl groups is 1. The van der Waals surface area contributed by atoms with Crippen LogP contribution in [0.3, 0.4) is 0 Å². The lowest BCUT2D eigenvalue weighted by atomic mass is 9.93. The minimum atomic E-state index is -0.340. The Labute approximate surface area is 165 Å². The van der Waals surface area contributed by atoms with E-state index in [1.165, 1.54) is 34.3 Å². The number of carbonyl (C=O) groups is 1. The van der Waals surface area contributed by atoms with Gasteiger partial charge in [0.15, 0.2) is 0 Å².